The molecule has 1 unspecified atom stereocenters. The van der Waals surface area contributed by atoms with Gasteiger partial charge in [0.05, 0.1) is 0 Å². The lowest BCUT2D eigenvalue weighted by molar-refractivity contribution is 0.0932. The number of ether oxygens (including phenoxy) is 1. The molecule has 0 heterocycles. The van der Waals surface area contributed by atoms with Gasteiger partial charge in [-0.2, -0.15) is 0 Å². The second-order valence-corrected chi connectivity index (χ2v) is 6.18. The van der Waals surface area contributed by atoms with Gasteiger partial charge in [-0.1, -0.05) is 6.07 Å². The molecule has 0 aliphatic heterocycles. The first-order valence-electron chi connectivity index (χ1n) is 7.03. The van der Waals surface area contributed by atoms with Crippen LogP contribution in [-0.4, -0.2) is 11.6 Å². The van der Waals surface area contributed by atoms with Crippen molar-refractivity contribution in [2.75, 3.05) is 0 Å². The van der Waals surface area contributed by atoms with E-state index in [1.165, 1.54) is 36.8 Å². The van der Waals surface area contributed by atoms with E-state index in [9.17, 15) is 0 Å². The second-order valence-electron chi connectivity index (χ2n) is 6.18. The molecule has 0 fully saturated rings. The number of hydrogen-bond acceptors (Lipinski definition) is 2. The van der Waals surface area contributed by atoms with Crippen molar-refractivity contribution >= 4 is 0 Å². The van der Waals surface area contributed by atoms with Crippen LogP contribution in [0.15, 0.2) is 18.2 Å². The zero-order chi connectivity index (χ0) is 13.2. The van der Waals surface area contributed by atoms with Crippen molar-refractivity contribution in [1.29, 1.82) is 0 Å². The average molecular weight is 247 g/mol. The Morgan fingerprint density at radius 2 is 1.89 bits per heavy atom. The van der Waals surface area contributed by atoms with Crippen LogP contribution in [0.25, 0.3) is 0 Å². The number of benzene rings is 1. The SMILES string of the molecule is CC(N)CC(C)(C)Oc1ccc2c(c1)CCCC2. The van der Waals surface area contributed by atoms with Gasteiger partial charge in [-0.3, -0.25) is 0 Å². The van der Waals surface area contributed by atoms with E-state index in [0.29, 0.717) is 0 Å². The molecular weight excluding hydrogens is 222 g/mol. The number of rotatable bonds is 4. The van der Waals surface area contributed by atoms with E-state index in [1.54, 1.807) is 0 Å². The van der Waals surface area contributed by atoms with Crippen molar-refractivity contribution in [3.05, 3.63) is 29.3 Å². The molecule has 100 valence electrons. The summed E-state index contributed by atoms with van der Waals surface area (Å²) in [4.78, 5) is 0. The minimum atomic E-state index is -0.197. The molecule has 1 aromatic rings. The molecule has 2 N–H and O–H groups in total. The first kappa shape index (κ1) is 13.4. The lowest BCUT2D eigenvalue weighted by Gasteiger charge is -2.29. The van der Waals surface area contributed by atoms with Gasteiger partial charge >= 0.3 is 0 Å². The molecule has 0 saturated heterocycles. The molecule has 0 amide bonds. The van der Waals surface area contributed by atoms with E-state index < -0.39 is 0 Å². The van der Waals surface area contributed by atoms with E-state index in [1.807, 2.05) is 6.92 Å². The maximum atomic E-state index is 6.10. The quantitative estimate of drug-likeness (QED) is 0.884. The van der Waals surface area contributed by atoms with Crippen LogP contribution in [0.4, 0.5) is 0 Å². The summed E-state index contributed by atoms with van der Waals surface area (Å²) in [7, 11) is 0. The fourth-order valence-corrected chi connectivity index (χ4v) is 2.91. The molecule has 0 saturated carbocycles. The highest BCUT2D eigenvalue weighted by atomic mass is 16.5. The third-order valence-corrected chi connectivity index (χ3v) is 3.53. The monoisotopic (exact) mass is 247 g/mol. The Morgan fingerprint density at radius 3 is 2.56 bits per heavy atom. The lowest BCUT2D eigenvalue weighted by Crippen LogP contribution is -2.35. The van der Waals surface area contributed by atoms with Crippen molar-refractivity contribution in [2.45, 2.75) is 64.5 Å². The summed E-state index contributed by atoms with van der Waals surface area (Å²) in [5.74, 6) is 0.987. The Balaban J connectivity index is 2.10. The van der Waals surface area contributed by atoms with E-state index in [0.717, 1.165) is 12.2 Å². The normalized spacial score (nSPS) is 17.1. The molecule has 18 heavy (non-hydrogen) atoms. The van der Waals surface area contributed by atoms with E-state index in [2.05, 4.69) is 32.0 Å². The summed E-state index contributed by atoms with van der Waals surface area (Å²) in [6.07, 6.45) is 5.91. The third-order valence-electron chi connectivity index (χ3n) is 3.53. The van der Waals surface area contributed by atoms with Crippen LogP contribution in [-0.2, 0) is 12.8 Å². The van der Waals surface area contributed by atoms with Gasteiger partial charge in [-0.25, -0.2) is 0 Å². The van der Waals surface area contributed by atoms with Crippen molar-refractivity contribution < 1.29 is 4.74 Å². The molecule has 1 aliphatic rings. The lowest BCUT2D eigenvalue weighted by atomic mass is 9.91. The predicted octanol–water partition coefficient (Wildman–Crippen LogP) is 3.46. The van der Waals surface area contributed by atoms with E-state index in [-0.39, 0.29) is 11.6 Å². The standard InChI is InChI=1S/C16H25NO/c1-12(17)11-16(2,3)18-15-9-8-13-6-4-5-7-14(13)10-15/h8-10,12H,4-7,11,17H2,1-3H3. The third kappa shape index (κ3) is 3.49. The first-order chi connectivity index (χ1) is 8.46. The molecule has 1 aliphatic carbocycles. The summed E-state index contributed by atoms with van der Waals surface area (Å²) in [5.41, 5.74) is 8.63. The summed E-state index contributed by atoms with van der Waals surface area (Å²) in [6, 6.07) is 6.72. The molecular formula is C16H25NO. The van der Waals surface area contributed by atoms with Gasteiger partial charge in [-0.15, -0.1) is 0 Å². The maximum Gasteiger partial charge on any atom is 0.120 e. The summed E-state index contributed by atoms with van der Waals surface area (Å²) < 4.78 is 6.10. The fraction of sp³-hybridized carbons (Fsp3) is 0.625. The molecule has 0 spiro atoms. The van der Waals surface area contributed by atoms with Crippen LogP contribution in [0.3, 0.4) is 0 Å². The smallest absolute Gasteiger partial charge is 0.120 e. The van der Waals surface area contributed by atoms with Crippen LogP contribution in [0.2, 0.25) is 0 Å². The summed E-state index contributed by atoms with van der Waals surface area (Å²) >= 11 is 0. The van der Waals surface area contributed by atoms with Crippen LogP contribution >= 0.6 is 0 Å². The van der Waals surface area contributed by atoms with Crippen LogP contribution in [0.5, 0.6) is 5.75 Å². The predicted molar refractivity (Wildman–Crippen MR) is 76.1 cm³/mol. The zero-order valence-electron chi connectivity index (χ0n) is 11.8. The van der Waals surface area contributed by atoms with Crippen LogP contribution < -0.4 is 10.5 Å². The van der Waals surface area contributed by atoms with Gasteiger partial charge in [0.1, 0.15) is 11.4 Å². The number of nitrogens with two attached hydrogens (primary N) is 1. The Morgan fingerprint density at radius 1 is 1.22 bits per heavy atom. The zero-order valence-corrected chi connectivity index (χ0v) is 11.8. The molecule has 2 heteroatoms. The van der Waals surface area contributed by atoms with Crippen molar-refractivity contribution in [3.8, 4) is 5.75 Å². The average Bonchev–Trinajstić information content (AvgIpc) is 2.26. The Bertz CT molecular complexity index is 410. The molecule has 0 radical (unpaired) electrons. The van der Waals surface area contributed by atoms with E-state index >= 15 is 0 Å². The topological polar surface area (TPSA) is 35.2 Å². The Kier molecular flexibility index (Phi) is 3.96. The van der Waals surface area contributed by atoms with Gasteiger partial charge < -0.3 is 10.5 Å². The molecule has 2 nitrogen and oxygen atoms in total. The van der Waals surface area contributed by atoms with Gasteiger partial charge in [0.25, 0.3) is 0 Å². The Hall–Kier alpha value is -1.02. The number of aryl methyl sites for hydroxylation is 2. The van der Waals surface area contributed by atoms with Crippen molar-refractivity contribution in [1.82, 2.24) is 0 Å². The first-order valence-corrected chi connectivity index (χ1v) is 7.03. The molecule has 1 atom stereocenters. The number of fused-ring (bicyclic) bond motifs is 1. The summed E-state index contributed by atoms with van der Waals surface area (Å²) in [5, 5.41) is 0. The molecule has 1 aromatic carbocycles. The maximum absolute atomic E-state index is 6.10. The van der Waals surface area contributed by atoms with Gasteiger partial charge in [0, 0.05) is 12.5 Å². The molecule has 2 rings (SSSR count). The minimum absolute atomic E-state index is 0.164. The minimum Gasteiger partial charge on any atom is -0.488 e. The van der Waals surface area contributed by atoms with E-state index in [4.69, 9.17) is 10.5 Å². The van der Waals surface area contributed by atoms with Gasteiger partial charge in [-0.05, 0) is 69.7 Å². The number of hydrogen-bond donors (Lipinski definition) is 1. The fourth-order valence-electron chi connectivity index (χ4n) is 2.91. The highest BCUT2D eigenvalue weighted by Gasteiger charge is 2.22. The van der Waals surface area contributed by atoms with Gasteiger partial charge in [0.15, 0.2) is 0 Å². The second kappa shape index (κ2) is 5.31. The Labute approximate surface area is 111 Å². The largest absolute Gasteiger partial charge is 0.488 e. The van der Waals surface area contributed by atoms with Crippen LogP contribution in [0, 0.1) is 0 Å². The highest BCUT2D eigenvalue weighted by Crippen LogP contribution is 2.28. The van der Waals surface area contributed by atoms with Gasteiger partial charge in [0.2, 0.25) is 0 Å². The van der Waals surface area contributed by atoms with Crippen LogP contribution in [0.1, 0.15) is 51.2 Å². The molecule has 0 aromatic heterocycles. The summed E-state index contributed by atoms with van der Waals surface area (Å²) in [6.45, 7) is 6.24. The van der Waals surface area contributed by atoms with Crippen molar-refractivity contribution in [3.63, 3.8) is 0 Å². The molecule has 0 bridgehead atoms. The highest BCUT2D eigenvalue weighted by molar-refractivity contribution is 5.37. The van der Waals surface area contributed by atoms with Crippen molar-refractivity contribution in [2.24, 2.45) is 5.73 Å².